The summed E-state index contributed by atoms with van der Waals surface area (Å²) in [5, 5.41) is 11.8. The molecule has 3 fully saturated rings. The number of hydrogen-bond acceptors (Lipinski definition) is 9. The summed E-state index contributed by atoms with van der Waals surface area (Å²) >= 11 is 0. The highest BCUT2D eigenvalue weighted by Crippen LogP contribution is 2.68. The zero-order valence-electron chi connectivity index (χ0n) is 24.6. The van der Waals surface area contributed by atoms with E-state index in [0.717, 1.165) is 12.0 Å². The molecule has 1 unspecified atom stereocenters. The number of ketones is 2. The van der Waals surface area contributed by atoms with Crippen molar-refractivity contribution in [2.75, 3.05) is 26.2 Å². The molecular weight excluding hydrogens is 535 g/mol. The number of carbonyl (C=O) groups excluding carboxylic acids is 3. The van der Waals surface area contributed by atoms with Crippen molar-refractivity contribution in [2.24, 2.45) is 34.5 Å². The van der Waals surface area contributed by atoms with Crippen molar-refractivity contribution in [3.05, 3.63) is 23.8 Å². The minimum Gasteiger partial charge on any atom is -0.450 e. The molecule has 0 spiro atoms. The van der Waals surface area contributed by atoms with Gasteiger partial charge in [0.15, 0.2) is 11.4 Å². The molecule has 0 aromatic rings. The van der Waals surface area contributed by atoms with Crippen LogP contribution in [0.1, 0.15) is 73.6 Å². The molecule has 40 heavy (non-hydrogen) atoms. The highest BCUT2D eigenvalue weighted by Gasteiger charge is 2.70. The van der Waals surface area contributed by atoms with Crippen molar-refractivity contribution in [1.29, 1.82) is 0 Å². The number of ether oxygens (including phenoxy) is 2. The van der Waals surface area contributed by atoms with Gasteiger partial charge in [-0.05, 0) is 69.4 Å². The van der Waals surface area contributed by atoms with Crippen molar-refractivity contribution in [3.8, 4) is 0 Å². The molecule has 0 heterocycles. The van der Waals surface area contributed by atoms with Gasteiger partial charge in [0.1, 0.15) is 13.0 Å². The summed E-state index contributed by atoms with van der Waals surface area (Å²) in [6.07, 6.45) is 6.28. The second kappa shape index (κ2) is 11.6. The molecule has 8 atom stereocenters. The highest BCUT2D eigenvalue weighted by atomic mass is 31.2. The maximum absolute atomic E-state index is 14.0. The molecule has 0 aromatic carbocycles. The van der Waals surface area contributed by atoms with E-state index in [1.54, 1.807) is 32.9 Å². The third-order valence-corrected chi connectivity index (χ3v) is 11.9. The van der Waals surface area contributed by atoms with E-state index in [1.165, 1.54) is 0 Å². The summed E-state index contributed by atoms with van der Waals surface area (Å²) in [5.41, 5.74) is -1.71. The lowest BCUT2D eigenvalue weighted by Gasteiger charge is -2.61. The number of fused-ring (bicyclic) bond motifs is 5. The van der Waals surface area contributed by atoms with Crippen LogP contribution in [0.2, 0.25) is 0 Å². The van der Waals surface area contributed by atoms with Crippen molar-refractivity contribution in [2.45, 2.75) is 85.4 Å². The Balaban J connectivity index is 1.65. The normalized spacial score (nSPS) is 38.7. The first-order valence-electron chi connectivity index (χ1n) is 14.6. The maximum atomic E-state index is 14.0. The van der Waals surface area contributed by atoms with Crippen LogP contribution in [0.15, 0.2) is 23.8 Å². The Labute approximate surface area is 237 Å². The Kier molecular flexibility index (Phi) is 9.05. The summed E-state index contributed by atoms with van der Waals surface area (Å²) in [5.74, 6) is -0.816. The zero-order valence-corrected chi connectivity index (χ0v) is 25.5. The summed E-state index contributed by atoms with van der Waals surface area (Å²) in [6.45, 7) is 11.2. The number of rotatable bonds is 11. The molecule has 0 aromatic heterocycles. The number of Topliss-reactive ketones (excluding diaryl/α,β-unsaturated/α-hetero) is 1. The quantitative estimate of drug-likeness (QED) is 0.265. The number of aliphatic hydroxyl groups is 1. The molecule has 4 aliphatic carbocycles. The van der Waals surface area contributed by atoms with Gasteiger partial charge in [-0.15, -0.1) is 0 Å². The van der Waals surface area contributed by atoms with Crippen LogP contribution in [-0.4, -0.2) is 60.5 Å². The molecule has 4 aliphatic rings. The summed E-state index contributed by atoms with van der Waals surface area (Å²) in [6, 6.07) is 0. The Morgan fingerprint density at radius 1 is 1.15 bits per heavy atom. The van der Waals surface area contributed by atoms with Crippen molar-refractivity contribution >= 4 is 25.1 Å². The van der Waals surface area contributed by atoms with E-state index in [4.69, 9.17) is 18.5 Å². The molecule has 0 radical (unpaired) electrons. The third-order valence-electron chi connectivity index (χ3n) is 10.1. The Hall–Kier alpha value is -1.64. The molecule has 1 N–H and O–H groups in total. The zero-order chi connectivity index (χ0) is 29.5. The summed E-state index contributed by atoms with van der Waals surface area (Å²) in [4.78, 5) is 39.0. The van der Waals surface area contributed by atoms with E-state index in [0.29, 0.717) is 12.8 Å². The predicted octanol–water partition coefficient (Wildman–Crippen LogP) is 5.01. The summed E-state index contributed by atoms with van der Waals surface area (Å²) < 4.78 is 35.1. The van der Waals surface area contributed by atoms with Gasteiger partial charge in [-0.3, -0.25) is 18.9 Å². The smallest absolute Gasteiger partial charge is 0.356 e. The fourth-order valence-electron chi connectivity index (χ4n) is 8.56. The molecule has 0 bridgehead atoms. The average molecular weight is 581 g/mol. The van der Waals surface area contributed by atoms with Gasteiger partial charge in [0.25, 0.3) is 0 Å². The van der Waals surface area contributed by atoms with Crippen LogP contribution in [0.5, 0.6) is 0 Å². The molecular formula is C30H45O9P. The lowest BCUT2D eigenvalue weighted by atomic mass is 9.44. The highest BCUT2D eigenvalue weighted by molar-refractivity contribution is 7.53. The largest absolute Gasteiger partial charge is 0.450 e. The fraction of sp³-hybridized carbons (Fsp3) is 0.767. The minimum absolute atomic E-state index is 0.0132. The lowest BCUT2D eigenvalue weighted by molar-refractivity contribution is -0.201. The monoisotopic (exact) mass is 580 g/mol. The topological polar surface area (TPSA) is 125 Å². The number of carbonyl (C=O) groups is 3. The van der Waals surface area contributed by atoms with E-state index in [1.807, 2.05) is 13.0 Å². The van der Waals surface area contributed by atoms with Crippen LogP contribution in [0.25, 0.3) is 0 Å². The molecule has 4 rings (SSSR count). The van der Waals surface area contributed by atoms with Gasteiger partial charge in [0, 0.05) is 23.2 Å². The molecule has 10 heteroatoms. The maximum Gasteiger partial charge on any atom is 0.356 e. The van der Waals surface area contributed by atoms with Gasteiger partial charge in [-0.25, -0.2) is 0 Å². The van der Waals surface area contributed by atoms with Gasteiger partial charge in [-0.1, -0.05) is 39.3 Å². The number of hydrogen-bond donors (Lipinski definition) is 1. The minimum atomic E-state index is -3.53. The standard InChI is InChI=1S/C30H45O9P/c1-7-26(34)39-30(25(33)17-36-18-40(35,37-8-2)38-9-3)13-11-22-21-14-19(4)23-15-20(31)10-12-28(23,5)27(21)24(32)16-29(22,30)6/h10,12,15,19,21-22,24,27,32H,7-9,11,13-14,16-18H2,1-6H3/t19-,21-,22-,24?,27+,28-,29-,30-/m0/s1. The van der Waals surface area contributed by atoms with Crippen molar-refractivity contribution in [1.82, 2.24) is 0 Å². The van der Waals surface area contributed by atoms with Crippen LogP contribution < -0.4 is 0 Å². The van der Waals surface area contributed by atoms with E-state index in [2.05, 4.69) is 13.8 Å². The molecule has 0 saturated heterocycles. The Bertz CT molecular complexity index is 1120. The van der Waals surface area contributed by atoms with Crippen LogP contribution in [0.4, 0.5) is 0 Å². The lowest BCUT2D eigenvalue weighted by Crippen LogP contribution is -2.63. The van der Waals surface area contributed by atoms with E-state index in [-0.39, 0.29) is 61.9 Å². The molecule has 3 saturated carbocycles. The molecule has 9 nitrogen and oxygen atoms in total. The predicted molar refractivity (Wildman–Crippen MR) is 148 cm³/mol. The molecule has 0 aliphatic heterocycles. The Morgan fingerprint density at radius 2 is 1.82 bits per heavy atom. The molecule has 0 amide bonds. The van der Waals surface area contributed by atoms with Gasteiger partial charge >= 0.3 is 13.6 Å². The molecule has 224 valence electrons. The first-order chi connectivity index (χ1) is 18.8. The van der Waals surface area contributed by atoms with Gasteiger partial charge in [0.2, 0.25) is 5.78 Å². The second-order valence-electron chi connectivity index (χ2n) is 12.3. The number of allylic oxidation sites excluding steroid dienone is 4. The van der Waals surface area contributed by atoms with Crippen molar-refractivity contribution < 1.29 is 42.6 Å². The van der Waals surface area contributed by atoms with Gasteiger partial charge in [-0.2, -0.15) is 0 Å². The number of esters is 1. The first-order valence-corrected chi connectivity index (χ1v) is 16.4. The van der Waals surface area contributed by atoms with E-state index in [9.17, 15) is 24.1 Å². The van der Waals surface area contributed by atoms with Crippen LogP contribution >= 0.6 is 7.60 Å². The number of aliphatic hydroxyl groups excluding tert-OH is 1. The van der Waals surface area contributed by atoms with E-state index < -0.39 is 48.5 Å². The summed E-state index contributed by atoms with van der Waals surface area (Å²) in [7, 11) is -3.53. The SMILES string of the molecule is CCOP(=O)(COCC(=O)[C@@]1(OC(=O)CC)CC[C@H]2[C@@H]3C[C@H](C)C4=CC(=O)C=C[C@]4(C)[C@H]3C(O)C[C@@]21C)OCC. The average Bonchev–Trinajstić information content (AvgIpc) is 3.17. The Morgan fingerprint density at radius 3 is 2.45 bits per heavy atom. The van der Waals surface area contributed by atoms with Gasteiger partial charge < -0.3 is 23.6 Å². The second-order valence-corrected chi connectivity index (χ2v) is 14.3. The van der Waals surface area contributed by atoms with Crippen molar-refractivity contribution in [3.63, 3.8) is 0 Å². The van der Waals surface area contributed by atoms with Crippen LogP contribution in [0, 0.1) is 34.5 Å². The van der Waals surface area contributed by atoms with Gasteiger partial charge in [0.05, 0.1) is 19.3 Å². The fourth-order valence-corrected chi connectivity index (χ4v) is 9.88. The van der Waals surface area contributed by atoms with E-state index >= 15 is 0 Å². The van der Waals surface area contributed by atoms with Crippen LogP contribution in [0.3, 0.4) is 0 Å². The third kappa shape index (κ3) is 5.11. The van der Waals surface area contributed by atoms with Crippen LogP contribution in [-0.2, 0) is 37.5 Å². The first kappa shape index (κ1) is 31.3.